The Morgan fingerprint density at radius 2 is 1.73 bits per heavy atom. The van der Waals surface area contributed by atoms with Gasteiger partial charge in [0.05, 0.1) is 30.5 Å². The highest BCUT2D eigenvalue weighted by Gasteiger charge is 2.40. The van der Waals surface area contributed by atoms with Crippen LogP contribution < -0.4 is 0 Å². The Hall–Kier alpha value is -1.72. The number of morpholine rings is 1. The fourth-order valence-electron chi connectivity index (χ4n) is 3.90. The van der Waals surface area contributed by atoms with Crippen LogP contribution >= 0.6 is 0 Å². The first kappa shape index (κ1) is 13.9. The molecule has 22 heavy (non-hydrogen) atoms. The average molecular weight is 300 g/mol. The molecule has 4 rings (SSSR count). The lowest BCUT2D eigenvalue weighted by Crippen LogP contribution is -2.56. The van der Waals surface area contributed by atoms with Crippen molar-refractivity contribution in [3.05, 3.63) is 35.4 Å². The first-order valence-corrected chi connectivity index (χ1v) is 8.06. The molecule has 2 heterocycles. The lowest BCUT2D eigenvalue weighted by Gasteiger charge is -2.44. The zero-order valence-corrected chi connectivity index (χ0v) is 12.5. The van der Waals surface area contributed by atoms with E-state index < -0.39 is 0 Å². The minimum absolute atomic E-state index is 0.167. The van der Waals surface area contributed by atoms with Gasteiger partial charge in [0.15, 0.2) is 0 Å². The van der Waals surface area contributed by atoms with E-state index in [9.17, 15) is 9.59 Å². The zero-order valence-electron chi connectivity index (χ0n) is 12.5. The number of carbonyl (C=O) groups excluding carboxylic acids is 2. The minimum atomic E-state index is -0.167. The minimum Gasteiger partial charge on any atom is -0.375 e. The third kappa shape index (κ3) is 2.16. The zero-order chi connectivity index (χ0) is 15.1. The first-order valence-electron chi connectivity index (χ1n) is 8.06. The smallest absolute Gasteiger partial charge is 0.262 e. The van der Waals surface area contributed by atoms with Crippen molar-refractivity contribution >= 4 is 11.8 Å². The van der Waals surface area contributed by atoms with Crippen molar-refractivity contribution in [3.8, 4) is 0 Å². The van der Waals surface area contributed by atoms with Crippen LogP contribution in [-0.4, -0.2) is 53.6 Å². The summed E-state index contributed by atoms with van der Waals surface area (Å²) in [7, 11) is 0. The Bertz CT molecular complexity index is 579. The molecule has 5 heteroatoms. The summed E-state index contributed by atoms with van der Waals surface area (Å²) >= 11 is 0. The molecule has 116 valence electrons. The van der Waals surface area contributed by atoms with E-state index in [1.165, 1.54) is 17.7 Å². The number of imide groups is 1. The van der Waals surface area contributed by atoms with Crippen molar-refractivity contribution in [3.63, 3.8) is 0 Å². The number of hydrogen-bond donors (Lipinski definition) is 0. The van der Waals surface area contributed by atoms with Crippen LogP contribution in [0, 0.1) is 0 Å². The maximum absolute atomic E-state index is 12.5. The van der Waals surface area contributed by atoms with Gasteiger partial charge in [-0.1, -0.05) is 25.0 Å². The van der Waals surface area contributed by atoms with Gasteiger partial charge in [0.1, 0.15) is 0 Å². The fraction of sp³-hybridized carbons (Fsp3) is 0.529. The number of rotatable bonds is 2. The first-order chi connectivity index (χ1) is 10.8. The van der Waals surface area contributed by atoms with Crippen LogP contribution in [0.25, 0.3) is 0 Å². The van der Waals surface area contributed by atoms with Crippen molar-refractivity contribution in [2.24, 2.45) is 0 Å². The maximum atomic E-state index is 12.5. The summed E-state index contributed by atoms with van der Waals surface area (Å²) < 4.78 is 5.86. The van der Waals surface area contributed by atoms with Crippen LogP contribution in [0.3, 0.4) is 0 Å². The highest BCUT2D eigenvalue weighted by atomic mass is 16.5. The Morgan fingerprint density at radius 3 is 2.45 bits per heavy atom. The molecule has 1 aliphatic carbocycles. The van der Waals surface area contributed by atoms with Crippen LogP contribution in [-0.2, 0) is 4.74 Å². The summed E-state index contributed by atoms with van der Waals surface area (Å²) in [5, 5.41) is 0. The van der Waals surface area contributed by atoms with E-state index in [-0.39, 0.29) is 17.9 Å². The van der Waals surface area contributed by atoms with Gasteiger partial charge < -0.3 is 4.74 Å². The normalized spacial score (nSPS) is 28.6. The van der Waals surface area contributed by atoms with Gasteiger partial charge in [0.25, 0.3) is 11.8 Å². The highest BCUT2D eigenvalue weighted by molar-refractivity contribution is 6.21. The van der Waals surface area contributed by atoms with Crippen LogP contribution in [0.1, 0.15) is 46.4 Å². The predicted molar refractivity (Wildman–Crippen MR) is 80.5 cm³/mol. The van der Waals surface area contributed by atoms with Gasteiger partial charge in [0, 0.05) is 12.6 Å². The molecule has 1 aromatic rings. The fourth-order valence-corrected chi connectivity index (χ4v) is 3.90. The van der Waals surface area contributed by atoms with Gasteiger partial charge in [-0.3, -0.25) is 19.4 Å². The molecule has 2 fully saturated rings. The molecule has 0 spiro atoms. The molecule has 0 bridgehead atoms. The van der Waals surface area contributed by atoms with Gasteiger partial charge >= 0.3 is 0 Å². The second-order valence-corrected chi connectivity index (χ2v) is 6.30. The molecule has 3 aliphatic rings. The van der Waals surface area contributed by atoms with Crippen LogP contribution in [0.4, 0.5) is 0 Å². The third-order valence-corrected chi connectivity index (χ3v) is 5.05. The largest absolute Gasteiger partial charge is 0.375 e. The Balaban J connectivity index is 1.54. The van der Waals surface area contributed by atoms with Crippen LogP contribution in [0.2, 0.25) is 0 Å². The molecule has 0 radical (unpaired) electrons. The monoisotopic (exact) mass is 300 g/mol. The molecule has 0 aromatic heterocycles. The van der Waals surface area contributed by atoms with E-state index in [0.717, 1.165) is 19.4 Å². The van der Waals surface area contributed by atoms with E-state index >= 15 is 0 Å². The molecule has 2 aliphatic heterocycles. The Morgan fingerprint density at radius 1 is 1.05 bits per heavy atom. The van der Waals surface area contributed by atoms with Crippen molar-refractivity contribution in [2.45, 2.75) is 37.8 Å². The number of benzene rings is 1. The van der Waals surface area contributed by atoms with E-state index in [1.54, 1.807) is 24.3 Å². The van der Waals surface area contributed by atoms with Crippen LogP contribution in [0.5, 0.6) is 0 Å². The van der Waals surface area contributed by atoms with Crippen molar-refractivity contribution in [2.75, 3.05) is 19.8 Å². The average Bonchev–Trinajstić information content (AvgIpc) is 2.81. The van der Waals surface area contributed by atoms with E-state index in [1.807, 2.05) is 0 Å². The second-order valence-electron chi connectivity index (χ2n) is 6.30. The summed E-state index contributed by atoms with van der Waals surface area (Å²) in [5.74, 6) is -0.334. The van der Waals surface area contributed by atoms with Gasteiger partial charge in [-0.15, -0.1) is 0 Å². The summed E-state index contributed by atoms with van der Waals surface area (Å²) in [6, 6.07) is 7.42. The van der Waals surface area contributed by atoms with E-state index in [2.05, 4.69) is 4.90 Å². The van der Waals surface area contributed by atoms with E-state index in [4.69, 9.17) is 4.74 Å². The van der Waals surface area contributed by atoms with Crippen molar-refractivity contribution < 1.29 is 14.3 Å². The van der Waals surface area contributed by atoms with Crippen LogP contribution in [0.15, 0.2) is 24.3 Å². The topological polar surface area (TPSA) is 49.9 Å². The molecule has 1 saturated heterocycles. The highest BCUT2D eigenvalue weighted by Crippen LogP contribution is 2.30. The third-order valence-electron chi connectivity index (χ3n) is 5.05. The molecule has 1 saturated carbocycles. The molecule has 1 aromatic carbocycles. The van der Waals surface area contributed by atoms with E-state index in [0.29, 0.717) is 30.4 Å². The van der Waals surface area contributed by atoms with Gasteiger partial charge in [-0.25, -0.2) is 0 Å². The maximum Gasteiger partial charge on any atom is 0.262 e. The van der Waals surface area contributed by atoms with Crippen molar-refractivity contribution in [1.82, 2.24) is 9.80 Å². The summed E-state index contributed by atoms with van der Waals surface area (Å²) in [5.41, 5.74) is 1.06. The lowest BCUT2D eigenvalue weighted by molar-refractivity contribution is -0.0966. The molecule has 0 N–H and O–H groups in total. The van der Waals surface area contributed by atoms with Gasteiger partial charge in [0.2, 0.25) is 0 Å². The van der Waals surface area contributed by atoms with Gasteiger partial charge in [-0.2, -0.15) is 0 Å². The number of nitrogens with zero attached hydrogens (tertiary/aromatic N) is 2. The Kier molecular flexibility index (Phi) is 3.47. The molecular formula is C17H20N2O3. The SMILES string of the molecule is O=C1c2ccccc2C(=O)N1CN1CCO[C@@H]2CCCC[C@H]21. The van der Waals surface area contributed by atoms with Gasteiger partial charge in [-0.05, 0) is 25.0 Å². The number of fused-ring (bicyclic) bond motifs is 2. The molecule has 2 amide bonds. The number of ether oxygens (including phenoxy) is 1. The Labute approximate surface area is 129 Å². The summed E-state index contributed by atoms with van der Waals surface area (Å²) in [6.45, 7) is 1.86. The number of amides is 2. The summed E-state index contributed by atoms with van der Waals surface area (Å²) in [4.78, 5) is 28.6. The standard InChI is InChI=1S/C17H20N2O3/c20-16-12-5-1-2-6-13(12)17(21)19(16)11-18-9-10-22-15-8-4-3-7-14(15)18/h1-2,5-6,14-15H,3-4,7-11H2/t14-,15-/m1/s1. The lowest BCUT2D eigenvalue weighted by atomic mass is 9.90. The molecular weight excluding hydrogens is 280 g/mol. The summed E-state index contributed by atoms with van der Waals surface area (Å²) in [6.07, 6.45) is 4.85. The number of hydrogen-bond acceptors (Lipinski definition) is 4. The predicted octanol–water partition coefficient (Wildman–Crippen LogP) is 1.88. The molecule has 2 atom stereocenters. The second kappa shape index (κ2) is 5.48. The molecule has 5 nitrogen and oxygen atoms in total. The molecule has 0 unspecified atom stereocenters. The quantitative estimate of drug-likeness (QED) is 0.783. The number of carbonyl (C=O) groups is 2. The van der Waals surface area contributed by atoms with Crippen molar-refractivity contribution in [1.29, 1.82) is 0 Å².